The van der Waals surface area contributed by atoms with Crippen molar-refractivity contribution in [1.29, 1.82) is 0 Å². The topological polar surface area (TPSA) is 88.2 Å². The Morgan fingerprint density at radius 3 is 2.95 bits per heavy atom. The predicted molar refractivity (Wildman–Crippen MR) is 66.4 cm³/mol. The van der Waals surface area contributed by atoms with Crippen LogP contribution in [-0.4, -0.2) is 27.8 Å². The summed E-state index contributed by atoms with van der Waals surface area (Å²) in [7, 11) is 0. The highest BCUT2D eigenvalue weighted by Crippen LogP contribution is 2.38. The van der Waals surface area contributed by atoms with Crippen LogP contribution in [0.25, 0.3) is 0 Å². The van der Waals surface area contributed by atoms with Crippen LogP contribution in [0.1, 0.15) is 49.7 Å². The van der Waals surface area contributed by atoms with Crippen LogP contribution < -0.4 is 5.32 Å². The lowest BCUT2D eigenvalue weighted by Crippen LogP contribution is -2.29. The Bertz CT molecular complexity index is 456. The van der Waals surface area contributed by atoms with Gasteiger partial charge in [-0.15, -0.1) is 0 Å². The molecule has 19 heavy (non-hydrogen) atoms. The molecule has 104 valence electrons. The second-order valence-corrected chi connectivity index (χ2v) is 5.59. The number of aliphatic carboxylic acids is 1. The molecule has 2 atom stereocenters. The lowest BCUT2D eigenvalue weighted by atomic mass is 9.96. The average Bonchev–Trinajstić information content (AvgIpc) is 2.95. The number of carboxylic acids is 1. The zero-order valence-corrected chi connectivity index (χ0v) is 10.8. The van der Waals surface area contributed by atoms with Gasteiger partial charge in [-0.1, -0.05) is 11.6 Å². The molecule has 2 aliphatic rings. The molecule has 0 bridgehead atoms. The van der Waals surface area contributed by atoms with Crippen molar-refractivity contribution in [2.24, 2.45) is 11.8 Å². The fourth-order valence-corrected chi connectivity index (χ4v) is 2.81. The molecule has 0 radical (unpaired) electrons. The van der Waals surface area contributed by atoms with Crippen LogP contribution in [0.4, 0.5) is 0 Å². The summed E-state index contributed by atoms with van der Waals surface area (Å²) >= 11 is 0. The smallest absolute Gasteiger partial charge is 0.306 e. The predicted octanol–water partition coefficient (Wildman–Crippen LogP) is 1.54. The average molecular weight is 265 g/mol. The Labute approximate surface area is 111 Å². The van der Waals surface area contributed by atoms with Gasteiger partial charge in [0.15, 0.2) is 5.82 Å². The van der Waals surface area contributed by atoms with Gasteiger partial charge in [-0.25, -0.2) is 0 Å². The first-order chi connectivity index (χ1) is 9.24. The van der Waals surface area contributed by atoms with Crippen molar-refractivity contribution in [3.05, 3.63) is 11.7 Å². The molecule has 3 rings (SSSR count). The molecule has 2 saturated carbocycles. The first-order valence-electron chi connectivity index (χ1n) is 7.00. The maximum Gasteiger partial charge on any atom is 0.306 e. The fraction of sp³-hybridized carbons (Fsp3) is 0.769. The van der Waals surface area contributed by atoms with Gasteiger partial charge in [-0.05, 0) is 38.1 Å². The number of nitrogens with zero attached hydrogens (tertiary/aromatic N) is 2. The summed E-state index contributed by atoms with van der Waals surface area (Å²) in [6.45, 7) is 1.27. The minimum absolute atomic E-state index is 0.195. The van der Waals surface area contributed by atoms with Gasteiger partial charge in [-0.2, -0.15) is 4.98 Å². The van der Waals surface area contributed by atoms with Crippen molar-refractivity contribution in [3.63, 3.8) is 0 Å². The lowest BCUT2D eigenvalue weighted by Gasteiger charge is -2.15. The highest BCUT2D eigenvalue weighted by atomic mass is 16.5. The van der Waals surface area contributed by atoms with Crippen LogP contribution in [0, 0.1) is 11.8 Å². The van der Waals surface area contributed by atoms with Gasteiger partial charge in [0.1, 0.15) is 0 Å². The summed E-state index contributed by atoms with van der Waals surface area (Å²) in [5.74, 6) is 1.27. The number of carboxylic acid groups (broad SMARTS) is 1. The summed E-state index contributed by atoms with van der Waals surface area (Å²) in [6.07, 6.45) is 5.10. The zero-order valence-electron chi connectivity index (χ0n) is 10.8. The molecule has 1 aromatic heterocycles. The van der Waals surface area contributed by atoms with Crippen LogP contribution >= 0.6 is 0 Å². The van der Waals surface area contributed by atoms with Crippen molar-refractivity contribution >= 4 is 5.97 Å². The summed E-state index contributed by atoms with van der Waals surface area (Å²) in [4.78, 5) is 15.4. The number of hydrogen-bond donors (Lipinski definition) is 2. The minimum atomic E-state index is -0.667. The Morgan fingerprint density at radius 1 is 1.37 bits per heavy atom. The van der Waals surface area contributed by atoms with Gasteiger partial charge in [-0.3, -0.25) is 4.79 Å². The Balaban J connectivity index is 1.45. The molecule has 0 amide bonds. The van der Waals surface area contributed by atoms with Gasteiger partial charge in [0, 0.05) is 5.92 Å². The second kappa shape index (κ2) is 5.28. The van der Waals surface area contributed by atoms with Crippen LogP contribution in [0.2, 0.25) is 0 Å². The third kappa shape index (κ3) is 2.94. The van der Waals surface area contributed by atoms with Crippen molar-refractivity contribution in [3.8, 4) is 0 Å². The van der Waals surface area contributed by atoms with Gasteiger partial charge < -0.3 is 14.9 Å². The van der Waals surface area contributed by atoms with E-state index in [9.17, 15) is 4.79 Å². The Kier molecular flexibility index (Phi) is 3.50. The van der Waals surface area contributed by atoms with Gasteiger partial charge in [0.05, 0.1) is 12.5 Å². The van der Waals surface area contributed by atoms with Crippen LogP contribution in [0.3, 0.4) is 0 Å². The summed E-state index contributed by atoms with van der Waals surface area (Å²) < 4.78 is 5.18. The van der Waals surface area contributed by atoms with E-state index in [0.29, 0.717) is 24.8 Å². The van der Waals surface area contributed by atoms with E-state index >= 15 is 0 Å². The first kappa shape index (κ1) is 12.6. The SMILES string of the molecule is O=C(O)C1CCCC1CNCc1noc(C2CC2)n1. The normalized spacial score (nSPS) is 26.7. The highest BCUT2D eigenvalue weighted by molar-refractivity contribution is 5.70. The van der Waals surface area contributed by atoms with E-state index in [1.807, 2.05) is 0 Å². The molecule has 0 aliphatic heterocycles. The quantitative estimate of drug-likeness (QED) is 0.811. The highest BCUT2D eigenvalue weighted by Gasteiger charge is 2.32. The molecular weight excluding hydrogens is 246 g/mol. The molecule has 2 unspecified atom stereocenters. The number of rotatable bonds is 6. The third-order valence-corrected chi connectivity index (χ3v) is 4.08. The number of carbonyl (C=O) groups is 1. The van der Waals surface area contributed by atoms with Crippen molar-refractivity contribution in [2.75, 3.05) is 6.54 Å². The molecule has 6 nitrogen and oxygen atoms in total. The molecule has 2 fully saturated rings. The zero-order chi connectivity index (χ0) is 13.2. The number of aromatic nitrogens is 2. The van der Waals surface area contributed by atoms with E-state index in [1.54, 1.807) is 0 Å². The Hall–Kier alpha value is -1.43. The summed E-state index contributed by atoms with van der Waals surface area (Å²) in [5, 5.41) is 16.3. The van der Waals surface area contributed by atoms with E-state index in [-0.39, 0.29) is 11.8 Å². The molecule has 0 spiro atoms. The molecule has 1 aromatic rings. The standard InChI is InChI=1S/C13H19N3O3/c17-13(18)10-3-1-2-9(10)6-14-7-11-15-12(19-16-11)8-4-5-8/h8-10,14H,1-7H2,(H,17,18). The molecule has 2 aliphatic carbocycles. The molecule has 6 heteroatoms. The fourth-order valence-electron chi connectivity index (χ4n) is 2.81. The molecule has 0 aromatic carbocycles. The van der Waals surface area contributed by atoms with Crippen LogP contribution in [0.5, 0.6) is 0 Å². The lowest BCUT2D eigenvalue weighted by molar-refractivity contribution is -0.142. The van der Waals surface area contributed by atoms with Crippen molar-refractivity contribution in [1.82, 2.24) is 15.5 Å². The molecule has 0 saturated heterocycles. The summed E-state index contributed by atoms with van der Waals surface area (Å²) in [6, 6.07) is 0. The van der Waals surface area contributed by atoms with Crippen LogP contribution in [0.15, 0.2) is 4.52 Å². The van der Waals surface area contributed by atoms with Crippen molar-refractivity contribution in [2.45, 2.75) is 44.6 Å². The van der Waals surface area contributed by atoms with E-state index in [1.165, 1.54) is 0 Å². The maximum atomic E-state index is 11.1. The van der Waals surface area contributed by atoms with Gasteiger partial charge in [0.25, 0.3) is 0 Å². The number of nitrogens with one attached hydrogen (secondary N) is 1. The molecule has 1 heterocycles. The summed E-state index contributed by atoms with van der Waals surface area (Å²) in [5.41, 5.74) is 0. The third-order valence-electron chi connectivity index (χ3n) is 4.08. The van der Waals surface area contributed by atoms with Crippen LogP contribution in [-0.2, 0) is 11.3 Å². The van der Waals surface area contributed by atoms with E-state index in [4.69, 9.17) is 9.63 Å². The van der Waals surface area contributed by atoms with E-state index in [2.05, 4.69) is 15.5 Å². The van der Waals surface area contributed by atoms with Gasteiger partial charge in [0.2, 0.25) is 5.89 Å². The van der Waals surface area contributed by atoms with Crippen molar-refractivity contribution < 1.29 is 14.4 Å². The number of hydrogen-bond acceptors (Lipinski definition) is 5. The molecular formula is C13H19N3O3. The maximum absolute atomic E-state index is 11.1. The monoisotopic (exact) mass is 265 g/mol. The van der Waals surface area contributed by atoms with Gasteiger partial charge >= 0.3 is 5.97 Å². The van der Waals surface area contributed by atoms with E-state index < -0.39 is 5.97 Å². The largest absolute Gasteiger partial charge is 0.481 e. The molecule has 2 N–H and O–H groups in total. The first-order valence-corrected chi connectivity index (χ1v) is 7.00. The van der Waals surface area contributed by atoms with E-state index in [0.717, 1.165) is 38.0 Å². The second-order valence-electron chi connectivity index (χ2n) is 5.59. The minimum Gasteiger partial charge on any atom is -0.481 e. The Morgan fingerprint density at radius 2 is 2.21 bits per heavy atom.